The molecule has 4 rings (SSSR count). The molecule has 0 saturated heterocycles. The lowest BCUT2D eigenvalue weighted by Crippen LogP contribution is -2.15. The van der Waals surface area contributed by atoms with E-state index in [1.807, 2.05) is 25.1 Å². The summed E-state index contributed by atoms with van der Waals surface area (Å²) in [6.45, 7) is 2.01. The Bertz CT molecular complexity index is 974. The Morgan fingerprint density at radius 3 is 2.33 bits per heavy atom. The molecule has 0 nitrogen and oxygen atoms in total. The van der Waals surface area contributed by atoms with Crippen LogP contribution in [0.15, 0.2) is 54.6 Å². The molecule has 0 amide bonds. The van der Waals surface area contributed by atoms with Crippen molar-refractivity contribution in [2.24, 2.45) is 0 Å². The molecule has 3 heteroatoms. The van der Waals surface area contributed by atoms with E-state index in [2.05, 4.69) is 0 Å². The Kier molecular flexibility index (Phi) is 4.77. The number of aryl methyl sites for hydroxylation is 2. The van der Waals surface area contributed by atoms with Gasteiger partial charge in [0, 0.05) is 5.56 Å². The maximum absolute atomic E-state index is 14.7. The second-order valence-corrected chi connectivity index (χ2v) is 7.26. The maximum Gasteiger partial charge on any atom is 0.131 e. The van der Waals surface area contributed by atoms with Gasteiger partial charge in [0.05, 0.1) is 0 Å². The highest BCUT2D eigenvalue weighted by Gasteiger charge is 2.24. The van der Waals surface area contributed by atoms with Gasteiger partial charge in [-0.25, -0.2) is 13.2 Å². The van der Waals surface area contributed by atoms with E-state index < -0.39 is 0 Å². The molecule has 1 unspecified atom stereocenters. The standard InChI is InChI=1S/C24H21F3/c1-2-15-3-10-21(23(26)11-15)18-5-4-17-13-22(24(27)14-19(17)12-18)16-6-8-20(25)9-7-16/h3,6-11,13-14,18H,2,4-5,12H2,1H3. The fourth-order valence-corrected chi connectivity index (χ4v) is 4.02. The summed E-state index contributed by atoms with van der Waals surface area (Å²) in [6.07, 6.45) is 3.06. The summed E-state index contributed by atoms with van der Waals surface area (Å²) in [5, 5.41) is 0. The van der Waals surface area contributed by atoms with Crippen molar-refractivity contribution in [1.29, 1.82) is 0 Å². The number of rotatable bonds is 3. The number of hydrogen-bond donors (Lipinski definition) is 0. The van der Waals surface area contributed by atoms with Gasteiger partial charge in [-0.05, 0) is 89.8 Å². The van der Waals surface area contributed by atoms with Gasteiger partial charge in [0.2, 0.25) is 0 Å². The Morgan fingerprint density at radius 2 is 1.63 bits per heavy atom. The van der Waals surface area contributed by atoms with Gasteiger partial charge in [0.25, 0.3) is 0 Å². The molecule has 0 saturated carbocycles. The van der Waals surface area contributed by atoms with E-state index in [0.29, 0.717) is 17.5 Å². The first-order valence-corrected chi connectivity index (χ1v) is 9.40. The van der Waals surface area contributed by atoms with E-state index in [1.165, 1.54) is 12.1 Å². The monoisotopic (exact) mass is 366 g/mol. The Hall–Kier alpha value is -2.55. The molecule has 0 radical (unpaired) electrons. The van der Waals surface area contributed by atoms with Crippen LogP contribution in [0.4, 0.5) is 13.2 Å². The lowest BCUT2D eigenvalue weighted by molar-refractivity contribution is 0.530. The van der Waals surface area contributed by atoms with Gasteiger partial charge in [-0.15, -0.1) is 0 Å². The summed E-state index contributed by atoms with van der Waals surface area (Å²) in [7, 11) is 0. The third-order valence-corrected chi connectivity index (χ3v) is 5.59. The number of fused-ring (bicyclic) bond motifs is 1. The van der Waals surface area contributed by atoms with Crippen LogP contribution in [0.1, 0.15) is 41.5 Å². The second-order valence-electron chi connectivity index (χ2n) is 7.26. The Labute approximate surface area is 157 Å². The lowest BCUT2D eigenvalue weighted by Gasteiger charge is -2.26. The fraction of sp³-hybridized carbons (Fsp3) is 0.250. The predicted octanol–water partition coefficient (Wildman–Crippen LogP) is 6.61. The van der Waals surface area contributed by atoms with Gasteiger partial charge in [0.15, 0.2) is 0 Å². The SMILES string of the molecule is CCc1ccc(C2CCc3cc(-c4ccc(F)cc4)c(F)cc3C2)c(F)c1. The minimum absolute atomic E-state index is 0.0690. The van der Waals surface area contributed by atoms with Crippen molar-refractivity contribution in [3.63, 3.8) is 0 Å². The number of hydrogen-bond acceptors (Lipinski definition) is 0. The zero-order valence-corrected chi connectivity index (χ0v) is 15.2. The van der Waals surface area contributed by atoms with Crippen LogP contribution in [0.2, 0.25) is 0 Å². The molecule has 0 N–H and O–H groups in total. The molecule has 0 aliphatic heterocycles. The average Bonchev–Trinajstić information content (AvgIpc) is 2.67. The van der Waals surface area contributed by atoms with Gasteiger partial charge >= 0.3 is 0 Å². The quantitative estimate of drug-likeness (QED) is 0.489. The molecule has 0 aromatic heterocycles. The minimum Gasteiger partial charge on any atom is -0.207 e. The second kappa shape index (κ2) is 7.22. The first-order valence-electron chi connectivity index (χ1n) is 9.40. The van der Waals surface area contributed by atoms with Crippen LogP contribution in [0.25, 0.3) is 11.1 Å². The van der Waals surface area contributed by atoms with Crippen molar-refractivity contribution < 1.29 is 13.2 Å². The van der Waals surface area contributed by atoms with Crippen molar-refractivity contribution in [3.8, 4) is 11.1 Å². The van der Waals surface area contributed by atoms with Gasteiger partial charge in [0.1, 0.15) is 17.5 Å². The number of benzene rings is 3. The summed E-state index contributed by atoms with van der Waals surface area (Å²) in [6, 6.07) is 14.8. The molecule has 27 heavy (non-hydrogen) atoms. The van der Waals surface area contributed by atoms with Crippen molar-refractivity contribution in [2.45, 2.75) is 38.5 Å². The van der Waals surface area contributed by atoms with Gasteiger partial charge in [-0.2, -0.15) is 0 Å². The molecule has 3 aromatic rings. The molecule has 0 spiro atoms. The van der Waals surface area contributed by atoms with E-state index in [-0.39, 0.29) is 23.4 Å². The summed E-state index contributed by atoms with van der Waals surface area (Å²) in [4.78, 5) is 0. The van der Waals surface area contributed by atoms with Gasteiger partial charge in [-0.3, -0.25) is 0 Å². The summed E-state index contributed by atoms with van der Waals surface area (Å²) in [5.74, 6) is -0.746. The van der Waals surface area contributed by atoms with E-state index >= 15 is 0 Å². The third-order valence-electron chi connectivity index (χ3n) is 5.59. The van der Waals surface area contributed by atoms with Crippen molar-refractivity contribution in [3.05, 3.63) is 94.3 Å². The topological polar surface area (TPSA) is 0 Å². The van der Waals surface area contributed by atoms with Crippen LogP contribution in [0, 0.1) is 17.5 Å². The highest BCUT2D eigenvalue weighted by molar-refractivity contribution is 5.66. The van der Waals surface area contributed by atoms with Crippen molar-refractivity contribution in [2.75, 3.05) is 0 Å². The molecule has 0 bridgehead atoms. The van der Waals surface area contributed by atoms with Crippen LogP contribution in [0.5, 0.6) is 0 Å². The predicted molar refractivity (Wildman–Crippen MR) is 102 cm³/mol. The largest absolute Gasteiger partial charge is 0.207 e. The van der Waals surface area contributed by atoms with E-state index in [0.717, 1.165) is 41.5 Å². The maximum atomic E-state index is 14.7. The van der Waals surface area contributed by atoms with E-state index in [9.17, 15) is 13.2 Å². The molecule has 1 atom stereocenters. The zero-order chi connectivity index (χ0) is 19.0. The van der Waals surface area contributed by atoms with E-state index in [1.54, 1.807) is 24.3 Å². The van der Waals surface area contributed by atoms with Crippen LogP contribution in [-0.2, 0) is 19.3 Å². The molecular weight excluding hydrogens is 345 g/mol. The molecule has 0 heterocycles. The highest BCUT2D eigenvalue weighted by atomic mass is 19.1. The highest BCUT2D eigenvalue weighted by Crippen LogP contribution is 2.37. The Morgan fingerprint density at radius 1 is 0.852 bits per heavy atom. The molecule has 138 valence electrons. The van der Waals surface area contributed by atoms with Crippen molar-refractivity contribution in [1.82, 2.24) is 0 Å². The van der Waals surface area contributed by atoms with Crippen molar-refractivity contribution >= 4 is 0 Å². The summed E-state index contributed by atoms with van der Waals surface area (Å²) >= 11 is 0. The molecular formula is C24H21F3. The smallest absolute Gasteiger partial charge is 0.131 e. The van der Waals surface area contributed by atoms with Crippen LogP contribution in [-0.4, -0.2) is 0 Å². The first kappa shape index (κ1) is 17.8. The van der Waals surface area contributed by atoms with E-state index in [4.69, 9.17) is 0 Å². The molecule has 0 fully saturated rings. The van der Waals surface area contributed by atoms with Gasteiger partial charge in [-0.1, -0.05) is 31.2 Å². The van der Waals surface area contributed by atoms with Crippen LogP contribution >= 0.6 is 0 Å². The summed E-state index contributed by atoms with van der Waals surface area (Å²) in [5.41, 5.74) is 4.90. The molecule has 1 aliphatic rings. The van der Waals surface area contributed by atoms with Crippen LogP contribution in [0.3, 0.4) is 0 Å². The lowest BCUT2D eigenvalue weighted by atomic mass is 9.79. The Balaban J connectivity index is 1.64. The van der Waals surface area contributed by atoms with Gasteiger partial charge < -0.3 is 0 Å². The van der Waals surface area contributed by atoms with Crippen LogP contribution < -0.4 is 0 Å². The minimum atomic E-state index is -0.337. The average molecular weight is 366 g/mol. The molecule has 3 aromatic carbocycles. The third kappa shape index (κ3) is 3.51. The normalized spacial score (nSPS) is 16.2. The summed E-state index contributed by atoms with van der Waals surface area (Å²) < 4.78 is 42.3. The number of halogens is 3. The molecule has 1 aliphatic carbocycles. The fourth-order valence-electron chi connectivity index (χ4n) is 4.02. The first-order chi connectivity index (χ1) is 13.0. The zero-order valence-electron chi connectivity index (χ0n) is 15.2.